The van der Waals surface area contributed by atoms with Crippen LogP contribution in [0.2, 0.25) is 0 Å². The molecule has 0 spiro atoms. The molecule has 4 heteroatoms. The minimum absolute atomic E-state index is 0.0408. The van der Waals surface area contributed by atoms with Gasteiger partial charge >= 0.3 is 0 Å². The van der Waals surface area contributed by atoms with Crippen LogP contribution >= 0.6 is 0 Å². The maximum absolute atomic E-state index is 11.6. The van der Waals surface area contributed by atoms with Crippen molar-refractivity contribution in [3.05, 3.63) is 0 Å². The molecule has 0 aromatic heterocycles. The second-order valence-corrected chi connectivity index (χ2v) is 5.50. The molecule has 2 fully saturated rings. The number of nitrogens with two attached hydrogens (primary N) is 2. The summed E-state index contributed by atoms with van der Waals surface area (Å²) < 4.78 is 0. The zero-order valence-corrected chi connectivity index (χ0v) is 10.6. The lowest BCUT2D eigenvalue weighted by Gasteiger charge is -2.45. The van der Waals surface area contributed by atoms with E-state index in [9.17, 15) is 4.79 Å². The minimum atomic E-state index is -0.147. The van der Waals surface area contributed by atoms with Crippen molar-refractivity contribution >= 4 is 5.91 Å². The van der Waals surface area contributed by atoms with Crippen LogP contribution in [0.3, 0.4) is 0 Å². The Morgan fingerprint density at radius 1 is 1.12 bits per heavy atom. The van der Waals surface area contributed by atoms with Crippen LogP contribution in [0.25, 0.3) is 0 Å². The number of rotatable bonds is 3. The fourth-order valence-electron chi connectivity index (χ4n) is 3.56. The van der Waals surface area contributed by atoms with Gasteiger partial charge in [0, 0.05) is 6.04 Å². The molecule has 0 aromatic carbocycles. The smallest absolute Gasteiger partial charge is 0.234 e. The first kappa shape index (κ1) is 12.8. The van der Waals surface area contributed by atoms with Gasteiger partial charge in [0.1, 0.15) is 0 Å². The molecule has 1 saturated carbocycles. The lowest BCUT2D eigenvalue weighted by Crippen LogP contribution is -2.56. The fraction of sp³-hybridized carbons (Fsp3) is 0.923. The molecule has 17 heavy (non-hydrogen) atoms. The van der Waals surface area contributed by atoms with Crippen molar-refractivity contribution in [1.82, 2.24) is 4.90 Å². The molecule has 1 aliphatic carbocycles. The minimum Gasteiger partial charge on any atom is -0.368 e. The predicted octanol–water partition coefficient (Wildman–Crippen LogP) is 0.844. The van der Waals surface area contributed by atoms with Crippen LogP contribution in [-0.2, 0) is 4.79 Å². The molecule has 0 aromatic rings. The summed E-state index contributed by atoms with van der Waals surface area (Å²) in [5.74, 6) is 0.412. The summed E-state index contributed by atoms with van der Waals surface area (Å²) in [5.41, 5.74) is 11.4. The Hall–Kier alpha value is -0.610. The van der Waals surface area contributed by atoms with Gasteiger partial charge < -0.3 is 11.5 Å². The highest BCUT2D eigenvalue weighted by Crippen LogP contribution is 2.32. The van der Waals surface area contributed by atoms with Crippen molar-refractivity contribution in [2.45, 2.75) is 57.0 Å². The number of piperidine rings is 1. The van der Waals surface area contributed by atoms with E-state index in [1.165, 1.54) is 32.1 Å². The van der Waals surface area contributed by atoms with Crippen LogP contribution in [0, 0.1) is 5.92 Å². The number of likely N-dealkylation sites (tertiary alicyclic amines) is 1. The molecule has 1 aliphatic heterocycles. The SMILES string of the molecule is NCC1CCCCC1N1CCCCC1C(N)=O. The van der Waals surface area contributed by atoms with E-state index in [2.05, 4.69) is 4.90 Å². The summed E-state index contributed by atoms with van der Waals surface area (Å²) in [7, 11) is 0. The van der Waals surface area contributed by atoms with Crippen LogP contribution in [-0.4, -0.2) is 36.0 Å². The Morgan fingerprint density at radius 2 is 1.82 bits per heavy atom. The molecule has 0 radical (unpaired) electrons. The standard InChI is InChI=1S/C13H25N3O/c14-9-10-5-1-2-6-11(10)16-8-4-3-7-12(16)13(15)17/h10-12H,1-9,14H2,(H2,15,17). The summed E-state index contributed by atoms with van der Waals surface area (Å²) in [4.78, 5) is 13.9. The lowest BCUT2D eigenvalue weighted by atomic mass is 9.81. The molecule has 1 saturated heterocycles. The molecular formula is C13H25N3O. The van der Waals surface area contributed by atoms with Gasteiger partial charge in [0.2, 0.25) is 5.91 Å². The van der Waals surface area contributed by atoms with Crippen molar-refractivity contribution in [3.8, 4) is 0 Å². The van der Waals surface area contributed by atoms with Gasteiger partial charge in [-0.2, -0.15) is 0 Å². The third-order valence-electron chi connectivity index (χ3n) is 4.47. The molecule has 4 nitrogen and oxygen atoms in total. The van der Waals surface area contributed by atoms with E-state index in [1.54, 1.807) is 0 Å². The van der Waals surface area contributed by atoms with E-state index in [4.69, 9.17) is 11.5 Å². The number of hydrogen-bond acceptors (Lipinski definition) is 3. The Morgan fingerprint density at radius 3 is 2.53 bits per heavy atom. The van der Waals surface area contributed by atoms with E-state index in [0.717, 1.165) is 25.9 Å². The highest BCUT2D eigenvalue weighted by Gasteiger charge is 2.36. The normalized spacial score (nSPS) is 35.7. The van der Waals surface area contributed by atoms with E-state index >= 15 is 0 Å². The molecule has 3 unspecified atom stereocenters. The van der Waals surface area contributed by atoms with Gasteiger partial charge in [0.15, 0.2) is 0 Å². The van der Waals surface area contributed by atoms with Gasteiger partial charge in [-0.25, -0.2) is 0 Å². The van der Waals surface area contributed by atoms with Crippen LogP contribution < -0.4 is 11.5 Å². The van der Waals surface area contributed by atoms with E-state index in [1.807, 2.05) is 0 Å². The molecule has 98 valence electrons. The van der Waals surface area contributed by atoms with Gasteiger partial charge in [0.25, 0.3) is 0 Å². The van der Waals surface area contributed by atoms with Gasteiger partial charge in [0.05, 0.1) is 6.04 Å². The van der Waals surface area contributed by atoms with Gasteiger partial charge in [-0.3, -0.25) is 9.69 Å². The van der Waals surface area contributed by atoms with Crippen molar-refractivity contribution in [3.63, 3.8) is 0 Å². The Kier molecular flexibility index (Phi) is 4.40. The molecular weight excluding hydrogens is 214 g/mol. The molecule has 2 rings (SSSR count). The average molecular weight is 239 g/mol. The second-order valence-electron chi connectivity index (χ2n) is 5.50. The summed E-state index contributed by atoms with van der Waals surface area (Å²) in [6.45, 7) is 1.77. The van der Waals surface area contributed by atoms with Crippen LogP contribution in [0.15, 0.2) is 0 Å². The first-order chi connectivity index (χ1) is 8.24. The Balaban J connectivity index is 2.08. The maximum Gasteiger partial charge on any atom is 0.234 e. The first-order valence-corrected chi connectivity index (χ1v) is 6.99. The number of carbonyl (C=O) groups excluding carboxylic acids is 1. The van der Waals surface area contributed by atoms with Crippen molar-refractivity contribution in [2.75, 3.05) is 13.1 Å². The highest BCUT2D eigenvalue weighted by atomic mass is 16.1. The zero-order chi connectivity index (χ0) is 12.3. The third kappa shape index (κ3) is 2.80. The van der Waals surface area contributed by atoms with Crippen LogP contribution in [0.1, 0.15) is 44.9 Å². The van der Waals surface area contributed by atoms with E-state index < -0.39 is 0 Å². The van der Waals surface area contributed by atoms with Gasteiger partial charge in [-0.15, -0.1) is 0 Å². The largest absolute Gasteiger partial charge is 0.368 e. The summed E-state index contributed by atoms with van der Waals surface area (Å²) in [6, 6.07) is 0.451. The first-order valence-electron chi connectivity index (χ1n) is 6.99. The van der Waals surface area contributed by atoms with Crippen LogP contribution in [0.4, 0.5) is 0 Å². The molecule has 1 amide bonds. The Labute approximate surface area is 104 Å². The molecule has 2 aliphatic rings. The zero-order valence-electron chi connectivity index (χ0n) is 10.6. The van der Waals surface area contributed by atoms with Gasteiger partial charge in [-0.1, -0.05) is 19.3 Å². The quantitative estimate of drug-likeness (QED) is 0.766. The number of hydrogen-bond donors (Lipinski definition) is 2. The molecule has 3 atom stereocenters. The van der Waals surface area contributed by atoms with Crippen LogP contribution in [0.5, 0.6) is 0 Å². The van der Waals surface area contributed by atoms with E-state index in [0.29, 0.717) is 12.0 Å². The number of amides is 1. The molecule has 0 bridgehead atoms. The average Bonchev–Trinajstić information content (AvgIpc) is 2.38. The topological polar surface area (TPSA) is 72.3 Å². The fourth-order valence-corrected chi connectivity index (χ4v) is 3.56. The second kappa shape index (κ2) is 5.83. The number of primary amides is 1. The van der Waals surface area contributed by atoms with Crippen molar-refractivity contribution in [1.29, 1.82) is 0 Å². The van der Waals surface area contributed by atoms with E-state index in [-0.39, 0.29) is 11.9 Å². The summed E-state index contributed by atoms with van der Waals surface area (Å²) in [5, 5.41) is 0. The third-order valence-corrected chi connectivity index (χ3v) is 4.47. The number of carbonyl (C=O) groups is 1. The lowest BCUT2D eigenvalue weighted by molar-refractivity contribution is -0.126. The Bertz CT molecular complexity index is 269. The van der Waals surface area contributed by atoms with Crippen molar-refractivity contribution < 1.29 is 4.79 Å². The molecule has 1 heterocycles. The van der Waals surface area contributed by atoms with Crippen molar-refractivity contribution in [2.24, 2.45) is 17.4 Å². The highest BCUT2D eigenvalue weighted by molar-refractivity contribution is 5.80. The monoisotopic (exact) mass is 239 g/mol. The molecule has 4 N–H and O–H groups in total. The summed E-state index contributed by atoms with van der Waals surface area (Å²) >= 11 is 0. The number of nitrogens with zero attached hydrogens (tertiary/aromatic N) is 1. The van der Waals surface area contributed by atoms with Gasteiger partial charge in [-0.05, 0) is 44.7 Å². The predicted molar refractivity (Wildman–Crippen MR) is 68.3 cm³/mol. The summed E-state index contributed by atoms with van der Waals surface area (Å²) in [6.07, 6.45) is 8.20. The maximum atomic E-state index is 11.6.